The Morgan fingerprint density at radius 1 is 1.11 bits per heavy atom. The van der Waals surface area contributed by atoms with Crippen molar-refractivity contribution in [2.45, 2.75) is 12.5 Å². The largest absolute Gasteiger partial charge is 0.481 e. The molecule has 0 aliphatic heterocycles. The molecule has 108 valence electrons. The Kier molecular flexibility index (Phi) is 19.6. The highest BCUT2D eigenvalue weighted by Gasteiger charge is 2.14. The van der Waals surface area contributed by atoms with Crippen LogP contribution in [0.15, 0.2) is 20.4 Å². The van der Waals surface area contributed by atoms with Crippen LogP contribution in [0.25, 0.3) is 0 Å². The van der Waals surface area contributed by atoms with Gasteiger partial charge in [0.1, 0.15) is 6.04 Å². The van der Waals surface area contributed by atoms with Gasteiger partial charge in [-0.25, -0.2) is 11.1 Å². The first-order valence-electron chi connectivity index (χ1n) is 4.24. The Bertz CT molecular complexity index is 313. The molecule has 0 aliphatic rings. The van der Waals surface area contributed by atoms with Crippen molar-refractivity contribution in [1.29, 1.82) is 11.1 Å². The third-order valence-corrected chi connectivity index (χ3v) is 0.961. The highest BCUT2D eigenvalue weighted by atomic mass is 16.4. The second-order valence-corrected chi connectivity index (χ2v) is 2.33. The lowest BCUT2D eigenvalue weighted by molar-refractivity contribution is -0.144. The molecule has 10 N–H and O–H groups in total. The average molecular weight is 277 g/mol. The standard InChI is InChI=1S/C4H7NO4.2CH4N4/c5-2(4(8)9)1-3(6)7;2*2-4-1-5-3/h2H,1,5H2,(H,6,7)(H,8,9);2*1-2H,3H2/t2-;;/m0../s1. The second kappa shape index (κ2) is 17.4. The minimum Gasteiger partial charge on any atom is -0.481 e. The van der Waals surface area contributed by atoms with Crippen molar-refractivity contribution in [2.75, 3.05) is 0 Å². The van der Waals surface area contributed by atoms with E-state index in [2.05, 4.69) is 32.1 Å². The predicted octanol–water partition coefficient (Wildman–Crippen LogP) is -1.29. The maximum atomic E-state index is 9.85. The van der Waals surface area contributed by atoms with Crippen LogP contribution in [0, 0.1) is 11.1 Å². The van der Waals surface area contributed by atoms with Crippen molar-refractivity contribution in [1.82, 2.24) is 0 Å². The first-order chi connectivity index (χ1) is 8.87. The molecule has 0 amide bonds. The lowest BCUT2D eigenvalue weighted by Crippen LogP contribution is -2.32. The van der Waals surface area contributed by atoms with Gasteiger partial charge in [-0.15, -0.1) is 10.2 Å². The summed E-state index contributed by atoms with van der Waals surface area (Å²) >= 11 is 0. The van der Waals surface area contributed by atoms with Crippen LogP contribution < -0.4 is 17.4 Å². The second-order valence-electron chi connectivity index (χ2n) is 2.33. The summed E-state index contributed by atoms with van der Waals surface area (Å²) < 4.78 is 0. The zero-order valence-corrected chi connectivity index (χ0v) is 9.67. The summed E-state index contributed by atoms with van der Waals surface area (Å²) in [5.74, 6) is 6.49. The molecule has 13 heteroatoms. The quantitative estimate of drug-likeness (QED) is 0.105. The highest BCUT2D eigenvalue weighted by Crippen LogP contribution is 1.86. The molecule has 19 heavy (non-hydrogen) atoms. The fourth-order valence-corrected chi connectivity index (χ4v) is 0.342. The van der Waals surface area contributed by atoms with E-state index in [4.69, 9.17) is 27.0 Å². The monoisotopic (exact) mass is 277 g/mol. The van der Waals surface area contributed by atoms with Crippen LogP contribution in [0.3, 0.4) is 0 Å². The molecule has 0 aromatic rings. The maximum Gasteiger partial charge on any atom is 0.321 e. The van der Waals surface area contributed by atoms with Gasteiger partial charge in [0.2, 0.25) is 0 Å². The molecule has 0 unspecified atom stereocenters. The summed E-state index contributed by atoms with van der Waals surface area (Å²) in [6.45, 7) is 0. The number of hydrogen-bond acceptors (Lipinski definition) is 9. The van der Waals surface area contributed by atoms with Gasteiger partial charge in [0.25, 0.3) is 0 Å². The molecule has 0 saturated carbocycles. The van der Waals surface area contributed by atoms with Crippen LogP contribution in [0.5, 0.6) is 0 Å². The third-order valence-electron chi connectivity index (χ3n) is 0.961. The lowest BCUT2D eigenvalue weighted by atomic mass is 10.2. The van der Waals surface area contributed by atoms with Crippen LogP contribution in [-0.2, 0) is 9.59 Å². The van der Waals surface area contributed by atoms with E-state index in [1.165, 1.54) is 0 Å². The summed E-state index contributed by atoms with van der Waals surface area (Å²) in [7, 11) is 0. The van der Waals surface area contributed by atoms with Crippen molar-refractivity contribution in [3.8, 4) is 0 Å². The first kappa shape index (κ1) is 21.3. The summed E-state index contributed by atoms with van der Waals surface area (Å²) in [5.41, 5.74) is 16.8. The number of aliphatic carboxylic acids is 2. The van der Waals surface area contributed by atoms with Crippen molar-refractivity contribution in [2.24, 2.45) is 37.9 Å². The van der Waals surface area contributed by atoms with E-state index in [0.717, 1.165) is 12.7 Å². The van der Waals surface area contributed by atoms with Gasteiger partial charge >= 0.3 is 11.9 Å². The number of hydrazone groups is 2. The lowest BCUT2D eigenvalue weighted by Gasteiger charge is -1.99. The number of carboxylic acid groups (broad SMARTS) is 2. The van der Waals surface area contributed by atoms with Gasteiger partial charge < -0.3 is 27.6 Å². The molecular formula is C6H15N9O4. The molecule has 0 heterocycles. The van der Waals surface area contributed by atoms with Crippen LogP contribution in [0.4, 0.5) is 0 Å². The zero-order valence-electron chi connectivity index (χ0n) is 9.67. The average Bonchev–Trinajstić information content (AvgIpc) is 2.31. The van der Waals surface area contributed by atoms with E-state index in [-0.39, 0.29) is 0 Å². The Hall–Kier alpha value is -2.96. The van der Waals surface area contributed by atoms with Crippen LogP contribution in [0.1, 0.15) is 6.42 Å². The van der Waals surface area contributed by atoms with E-state index in [9.17, 15) is 9.59 Å². The highest BCUT2D eigenvalue weighted by molar-refractivity contribution is 5.80. The zero-order chi connectivity index (χ0) is 15.7. The van der Waals surface area contributed by atoms with Gasteiger partial charge in [-0.3, -0.25) is 9.59 Å². The molecule has 13 nitrogen and oxygen atoms in total. The first-order valence-corrected chi connectivity index (χ1v) is 4.24. The molecule has 1 atom stereocenters. The van der Waals surface area contributed by atoms with Crippen molar-refractivity contribution in [3.05, 3.63) is 0 Å². The minimum atomic E-state index is -1.29. The molecule has 0 aromatic heterocycles. The Labute approximate surface area is 107 Å². The number of nitrogens with zero attached hydrogens (tertiary/aromatic N) is 4. The Morgan fingerprint density at radius 2 is 1.47 bits per heavy atom. The number of nitrogens with one attached hydrogen (secondary N) is 2. The van der Waals surface area contributed by atoms with Gasteiger partial charge in [0.15, 0.2) is 12.7 Å². The smallest absolute Gasteiger partial charge is 0.321 e. The molecule has 0 spiro atoms. The van der Waals surface area contributed by atoms with Crippen molar-refractivity contribution in [3.63, 3.8) is 0 Å². The van der Waals surface area contributed by atoms with Crippen LogP contribution in [-0.4, -0.2) is 40.9 Å². The number of carboxylic acids is 2. The molecule has 0 radical (unpaired) electrons. The van der Waals surface area contributed by atoms with Gasteiger partial charge in [-0.1, -0.05) is 0 Å². The number of hydrogen-bond donors (Lipinski definition) is 7. The molecule has 0 bridgehead atoms. The predicted molar refractivity (Wildman–Crippen MR) is 63.5 cm³/mol. The van der Waals surface area contributed by atoms with E-state index in [1.54, 1.807) is 0 Å². The van der Waals surface area contributed by atoms with Gasteiger partial charge in [0, 0.05) is 0 Å². The Morgan fingerprint density at radius 3 is 1.53 bits per heavy atom. The SMILES string of the molecule is N=NC=NN.N=NC=NN.N[C@@H](CC(=O)O)C(=O)O. The fraction of sp³-hybridized carbons (Fsp3) is 0.333. The van der Waals surface area contributed by atoms with Gasteiger partial charge in [0.05, 0.1) is 6.42 Å². The molecule has 0 aromatic carbocycles. The summed E-state index contributed by atoms with van der Waals surface area (Å²) in [6.07, 6.45) is 1.36. The van der Waals surface area contributed by atoms with Crippen LogP contribution in [0.2, 0.25) is 0 Å². The van der Waals surface area contributed by atoms with E-state index in [0.29, 0.717) is 0 Å². The van der Waals surface area contributed by atoms with Crippen LogP contribution >= 0.6 is 0 Å². The van der Waals surface area contributed by atoms with E-state index < -0.39 is 24.4 Å². The Balaban J connectivity index is -0.000000219. The number of rotatable bonds is 5. The van der Waals surface area contributed by atoms with Crippen molar-refractivity contribution >= 4 is 24.6 Å². The topological polar surface area (TPSA) is 250 Å². The van der Waals surface area contributed by atoms with E-state index >= 15 is 0 Å². The summed E-state index contributed by atoms with van der Waals surface area (Å²) in [6, 6.07) is -1.29. The molecule has 0 aliphatic carbocycles. The maximum absolute atomic E-state index is 9.85. The molecule has 0 saturated heterocycles. The normalized spacial score (nSPS) is 10.6. The third kappa shape index (κ3) is 31.3. The number of carbonyl (C=O) groups is 2. The minimum absolute atomic E-state index is 0.532. The number of nitrogens with two attached hydrogens (primary N) is 3. The van der Waals surface area contributed by atoms with Gasteiger partial charge in [-0.2, -0.15) is 10.2 Å². The molecule has 0 rings (SSSR count). The van der Waals surface area contributed by atoms with Gasteiger partial charge in [-0.05, 0) is 0 Å². The molecular weight excluding hydrogens is 262 g/mol. The fourth-order valence-electron chi connectivity index (χ4n) is 0.342. The summed E-state index contributed by atoms with van der Waals surface area (Å²) in [4.78, 5) is 19.6. The van der Waals surface area contributed by atoms with E-state index in [1.807, 2.05) is 0 Å². The summed E-state index contributed by atoms with van der Waals surface area (Å²) in [5, 5.41) is 27.2. The molecule has 0 fully saturated rings. The van der Waals surface area contributed by atoms with Crippen molar-refractivity contribution < 1.29 is 19.8 Å².